The molecule has 1 aliphatic heterocycles. The Bertz CT molecular complexity index is 551. The summed E-state index contributed by atoms with van der Waals surface area (Å²) in [6.07, 6.45) is 6.51. The molecule has 1 saturated carbocycles. The predicted molar refractivity (Wildman–Crippen MR) is 84.7 cm³/mol. The molecule has 4 heteroatoms. The van der Waals surface area contributed by atoms with Crippen LogP contribution in [0, 0.1) is 11.8 Å². The highest BCUT2D eigenvalue weighted by atomic mass is 79.9. The lowest BCUT2D eigenvalue weighted by molar-refractivity contribution is -0.137. The van der Waals surface area contributed by atoms with E-state index in [1.165, 1.54) is 19.3 Å². The minimum atomic E-state index is -0.191. The maximum absolute atomic E-state index is 12.4. The third-order valence-electron chi connectivity index (χ3n) is 4.86. The van der Waals surface area contributed by atoms with E-state index in [1.54, 1.807) is 0 Å². The number of halogens is 1. The summed E-state index contributed by atoms with van der Waals surface area (Å²) in [5.41, 5.74) is 1.02. The average molecular weight is 350 g/mol. The van der Waals surface area contributed by atoms with Gasteiger partial charge in [0.05, 0.1) is 5.92 Å². The van der Waals surface area contributed by atoms with Gasteiger partial charge in [0.15, 0.2) is 0 Å². The molecule has 0 radical (unpaired) electrons. The predicted octanol–water partition coefficient (Wildman–Crippen LogP) is 3.78. The second-order valence-electron chi connectivity index (χ2n) is 6.21. The maximum Gasteiger partial charge on any atom is 0.234 e. The summed E-state index contributed by atoms with van der Waals surface area (Å²) in [6.45, 7) is 0. The molecule has 0 aromatic heterocycles. The molecule has 112 valence electrons. The van der Waals surface area contributed by atoms with Crippen LogP contribution in [0.2, 0.25) is 0 Å². The second kappa shape index (κ2) is 6.30. The van der Waals surface area contributed by atoms with E-state index in [0.29, 0.717) is 12.3 Å². The van der Waals surface area contributed by atoms with E-state index in [9.17, 15) is 9.59 Å². The zero-order valence-corrected chi connectivity index (χ0v) is 13.6. The molecule has 1 aromatic rings. The Hall–Kier alpha value is -1.16. The Morgan fingerprint density at radius 2 is 1.86 bits per heavy atom. The maximum atomic E-state index is 12.4. The van der Waals surface area contributed by atoms with E-state index in [4.69, 9.17) is 0 Å². The molecule has 2 amide bonds. The molecule has 2 atom stereocenters. The van der Waals surface area contributed by atoms with Crippen LogP contribution < -0.4 is 5.32 Å². The van der Waals surface area contributed by atoms with Gasteiger partial charge in [-0.2, -0.15) is 0 Å². The fourth-order valence-corrected chi connectivity index (χ4v) is 4.31. The van der Waals surface area contributed by atoms with Gasteiger partial charge < -0.3 is 0 Å². The van der Waals surface area contributed by atoms with Gasteiger partial charge in [0.25, 0.3) is 0 Å². The first-order chi connectivity index (χ1) is 10.1. The summed E-state index contributed by atoms with van der Waals surface area (Å²) in [6, 6.07) is 7.93. The number of hydrogen-bond donors (Lipinski definition) is 1. The Kier molecular flexibility index (Phi) is 4.43. The smallest absolute Gasteiger partial charge is 0.234 e. The molecule has 0 spiro atoms. The molecule has 2 unspecified atom stereocenters. The van der Waals surface area contributed by atoms with Crippen molar-refractivity contribution < 1.29 is 9.59 Å². The molecule has 0 bridgehead atoms. The summed E-state index contributed by atoms with van der Waals surface area (Å²) in [5.74, 6) is 0.226. The van der Waals surface area contributed by atoms with Crippen LogP contribution in [-0.2, 0) is 9.59 Å². The van der Waals surface area contributed by atoms with Gasteiger partial charge in [-0.05, 0) is 29.5 Å². The van der Waals surface area contributed by atoms with Crippen LogP contribution in [0.4, 0.5) is 0 Å². The van der Waals surface area contributed by atoms with Gasteiger partial charge >= 0.3 is 0 Å². The number of carbonyl (C=O) groups excluding carboxylic acids is 2. The van der Waals surface area contributed by atoms with Crippen molar-refractivity contribution in [2.45, 2.75) is 44.4 Å². The third kappa shape index (κ3) is 3.20. The van der Waals surface area contributed by atoms with Gasteiger partial charge in [-0.1, -0.05) is 60.2 Å². The van der Waals surface area contributed by atoms with Crippen LogP contribution in [0.5, 0.6) is 0 Å². The van der Waals surface area contributed by atoms with Crippen molar-refractivity contribution in [1.29, 1.82) is 0 Å². The van der Waals surface area contributed by atoms with Crippen molar-refractivity contribution in [2.75, 3.05) is 0 Å². The molecule has 21 heavy (non-hydrogen) atoms. The Morgan fingerprint density at radius 1 is 1.10 bits per heavy atom. The highest BCUT2D eigenvalue weighted by molar-refractivity contribution is 9.10. The van der Waals surface area contributed by atoms with Crippen LogP contribution in [0.15, 0.2) is 28.7 Å². The van der Waals surface area contributed by atoms with Crippen LogP contribution in [0.1, 0.15) is 50.0 Å². The quantitative estimate of drug-likeness (QED) is 0.826. The second-order valence-corrected chi connectivity index (χ2v) is 7.13. The summed E-state index contributed by atoms with van der Waals surface area (Å²) in [7, 11) is 0. The molecular formula is C17H20BrNO2. The topological polar surface area (TPSA) is 46.2 Å². The number of piperidine rings is 1. The molecular weight excluding hydrogens is 330 g/mol. The molecule has 2 aliphatic rings. The van der Waals surface area contributed by atoms with E-state index >= 15 is 0 Å². The van der Waals surface area contributed by atoms with E-state index < -0.39 is 0 Å². The summed E-state index contributed by atoms with van der Waals surface area (Å²) < 4.78 is 0.979. The summed E-state index contributed by atoms with van der Waals surface area (Å²) in [4.78, 5) is 24.3. The van der Waals surface area contributed by atoms with Gasteiger partial charge in [-0.15, -0.1) is 0 Å². The zero-order chi connectivity index (χ0) is 14.8. The molecule has 1 aromatic carbocycles. The van der Waals surface area contributed by atoms with Crippen molar-refractivity contribution in [3.8, 4) is 0 Å². The van der Waals surface area contributed by atoms with E-state index in [0.717, 1.165) is 22.9 Å². The van der Waals surface area contributed by atoms with Gasteiger partial charge in [-0.25, -0.2) is 0 Å². The monoisotopic (exact) mass is 349 g/mol. The first-order valence-electron chi connectivity index (χ1n) is 7.74. The number of benzene rings is 1. The van der Waals surface area contributed by atoms with Crippen molar-refractivity contribution in [3.63, 3.8) is 0 Å². The fourth-order valence-electron chi connectivity index (χ4n) is 3.89. The summed E-state index contributed by atoms with van der Waals surface area (Å²) in [5, 5.41) is 2.52. The zero-order valence-electron chi connectivity index (χ0n) is 12.0. The Balaban J connectivity index is 1.92. The van der Waals surface area contributed by atoms with E-state index in [1.807, 2.05) is 24.3 Å². The van der Waals surface area contributed by atoms with Crippen molar-refractivity contribution in [3.05, 3.63) is 34.3 Å². The van der Waals surface area contributed by atoms with Gasteiger partial charge in [0.1, 0.15) is 0 Å². The fraction of sp³-hybridized carbons (Fsp3) is 0.529. The van der Waals surface area contributed by atoms with Crippen molar-refractivity contribution >= 4 is 27.7 Å². The van der Waals surface area contributed by atoms with Gasteiger partial charge in [0, 0.05) is 10.9 Å². The third-order valence-corrected chi connectivity index (χ3v) is 5.35. The largest absolute Gasteiger partial charge is 0.296 e. The van der Waals surface area contributed by atoms with Crippen LogP contribution in [0.25, 0.3) is 0 Å². The number of imide groups is 1. The minimum absolute atomic E-state index is 0.109. The number of hydrogen-bond acceptors (Lipinski definition) is 2. The lowest BCUT2D eigenvalue weighted by Crippen LogP contribution is -2.46. The first kappa shape index (κ1) is 14.8. The van der Waals surface area contributed by atoms with Crippen molar-refractivity contribution in [2.24, 2.45) is 11.8 Å². The molecule has 3 rings (SSSR count). The Labute approximate surface area is 133 Å². The molecule has 2 fully saturated rings. The van der Waals surface area contributed by atoms with E-state index in [-0.39, 0.29) is 23.7 Å². The lowest BCUT2D eigenvalue weighted by atomic mass is 9.69. The SMILES string of the molecule is O=C1CC(C2CCCCC2)C(c2cccc(Br)c2)C(=O)N1. The summed E-state index contributed by atoms with van der Waals surface area (Å²) >= 11 is 3.48. The minimum Gasteiger partial charge on any atom is -0.296 e. The number of amides is 2. The molecule has 1 saturated heterocycles. The number of carbonyl (C=O) groups is 2. The number of nitrogens with one attached hydrogen (secondary N) is 1. The van der Waals surface area contributed by atoms with Gasteiger partial charge in [-0.3, -0.25) is 14.9 Å². The highest BCUT2D eigenvalue weighted by Gasteiger charge is 2.41. The molecule has 1 N–H and O–H groups in total. The lowest BCUT2D eigenvalue weighted by Gasteiger charge is -2.37. The number of rotatable bonds is 2. The Morgan fingerprint density at radius 3 is 2.57 bits per heavy atom. The first-order valence-corrected chi connectivity index (χ1v) is 8.53. The van der Waals surface area contributed by atoms with Crippen molar-refractivity contribution in [1.82, 2.24) is 5.32 Å². The normalized spacial score (nSPS) is 27.5. The van der Waals surface area contributed by atoms with E-state index in [2.05, 4.69) is 21.2 Å². The van der Waals surface area contributed by atoms with Crippen LogP contribution >= 0.6 is 15.9 Å². The van der Waals surface area contributed by atoms with Crippen LogP contribution in [0.3, 0.4) is 0 Å². The van der Waals surface area contributed by atoms with Gasteiger partial charge in [0.2, 0.25) is 11.8 Å². The standard InChI is InChI=1S/C17H20BrNO2/c18-13-8-4-7-12(9-13)16-14(10-15(20)19-17(16)21)11-5-2-1-3-6-11/h4,7-9,11,14,16H,1-3,5-6,10H2,(H,19,20,21). The molecule has 1 aliphatic carbocycles. The van der Waals surface area contributed by atoms with Crippen LogP contribution in [-0.4, -0.2) is 11.8 Å². The molecule has 1 heterocycles. The highest BCUT2D eigenvalue weighted by Crippen LogP contribution is 2.42. The molecule has 3 nitrogen and oxygen atoms in total. The average Bonchev–Trinajstić information content (AvgIpc) is 2.47.